The summed E-state index contributed by atoms with van der Waals surface area (Å²) in [6.07, 6.45) is 3.57. The standard InChI is InChI=1S/C24H32N2O3S/c1-5-22(21-12-9-17(2)15-19(21)4)25-24(27)20-11-10-18(3)23(16-20)30(28,29)26-13-7-6-8-14-26/h9-12,15-16,22H,5-8,13-14H2,1-4H3,(H,25,27). The first-order chi connectivity index (χ1) is 14.2. The molecule has 1 N–H and O–H groups in total. The first-order valence-electron chi connectivity index (χ1n) is 10.7. The molecule has 2 aromatic rings. The molecule has 0 saturated carbocycles. The molecule has 1 aliphatic heterocycles. The SMILES string of the molecule is CCC(NC(=O)c1ccc(C)c(S(=O)(=O)N2CCCCC2)c1)c1ccc(C)cc1C. The number of aryl methyl sites for hydroxylation is 3. The molecule has 1 heterocycles. The van der Waals surface area contributed by atoms with Gasteiger partial charge in [0.2, 0.25) is 10.0 Å². The van der Waals surface area contributed by atoms with Crippen LogP contribution in [0.2, 0.25) is 0 Å². The zero-order chi connectivity index (χ0) is 21.9. The van der Waals surface area contributed by atoms with Gasteiger partial charge in [0, 0.05) is 18.7 Å². The van der Waals surface area contributed by atoms with Gasteiger partial charge in [0.25, 0.3) is 5.91 Å². The number of nitrogens with zero attached hydrogens (tertiary/aromatic N) is 1. The van der Waals surface area contributed by atoms with Gasteiger partial charge in [0.1, 0.15) is 0 Å². The van der Waals surface area contributed by atoms with E-state index >= 15 is 0 Å². The number of benzene rings is 2. The number of rotatable bonds is 6. The monoisotopic (exact) mass is 428 g/mol. The highest BCUT2D eigenvalue weighted by Crippen LogP contribution is 2.26. The molecule has 0 aliphatic carbocycles. The Bertz CT molecular complexity index is 1020. The van der Waals surface area contributed by atoms with Gasteiger partial charge >= 0.3 is 0 Å². The second-order valence-corrected chi connectivity index (χ2v) is 10.1. The zero-order valence-corrected chi connectivity index (χ0v) is 19.2. The predicted octanol–water partition coefficient (Wildman–Crippen LogP) is 4.67. The Kier molecular flexibility index (Phi) is 6.98. The van der Waals surface area contributed by atoms with Gasteiger partial charge in [-0.05, 0) is 68.9 Å². The molecular formula is C24H32N2O3S. The second kappa shape index (κ2) is 9.31. The van der Waals surface area contributed by atoms with Crippen molar-refractivity contribution in [3.8, 4) is 0 Å². The first-order valence-corrected chi connectivity index (χ1v) is 12.2. The number of carbonyl (C=O) groups excluding carboxylic acids is 1. The number of carbonyl (C=O) groups is 1. The van der Waals surface area contributed by atoms with E-state index in [1.165, 1.54) is 11.6 Å². The van der Waals surface area contributed by atoms with Crippen LogP contribution in [0.25, 0.3) is 0 Å². The number of nitrogens with one attached hydrogen (secondary N) is 1. The minimum absolute atomic E-state index is 0.124. The number of piperidine rings is 1. The molecule has 1 saturated heterocycles. The van der Waals surface area contributed by atoms with E-state index in [-0.39, 0.29) is 16.8 Å². The topological polar surface area (TPSA) is 66.5 Å². The molecule has 30 heavy (non-hydrogen) atoms. The molecule has 0 aromatic heterocycles. The summed E-state index contributed by atoms with van der Waals surface area (Å²) in [6.45, 7) is 9.00. The lowest BCUT2D eigenvalue weighted by atomic mass is 9.97. The molecule has 5 nitrogen and oxygen atoms in total. The van der Waals surface area contributed by atoms with Gasteiger partial charge < -0.3 is 5.32 Å². The van der Waals surface area contributed by atoms with Crippen molar-refractivity contribution >= 4 is 15.9 Å². The maximum absolute atomic E-state index is 13.2. The third-order valence-electron chi connectivity index (χ3n) is 5.90. The average molecular weight is 429 g/mol. The van der Waals surface area contributed by atoms with Crippen LogP contribution < -0.4 is 5.32 Å². The third kappa shape index (κ3) is 4.76. The summed E-state index contributed by atoms with van der Waals surface area (Å²) in [5, 5.41) is 3.09. The van der Waals surface area contributed by atoms with Crippen LogP contribution in [0.4, 0.5) is 0 Å². The molecule has 2 aromatic carbocycles. The molecule has 162 valence electrons. The Morgan fingerprint density at radius 2 is 1.70 bits per heavy atom. The molecule has 0 bridgehead atoms. The normalized spacial score (nSPS) is 16.3. The Morgan fingerprint density at radius 1 is 1.00 bits per heavy atom. The Balaban J connectivity index is 1.86. The molecule has 0 spiro atoms. The van der Waals surface area contributed by atoms with Crippen LogP contribution >= 0.6 is 0 Å². The summed E-state index contributed by atoms with van der Waals surface area (Å²) in [5.74, 6) is -0.253. The van der Waals surface area contributed by atoms with Crippen molar-refractivity contribution in [1.82, 2.24) is 9.62 Å². The minimum atomic E-state index is -3.59. The largest absolute Gasteiger partial charge is 0.345 e. The van der Waals surface area contributed by atoms with Crippen LogP contribution in [0.15, 0.2) is 41.3 Å². The molecule has 6 heteroatoms. The van der Waals surface area contributed by atoms with Crippen molar-refractivity contribution in [2.45, 2.75) is 64.3 Å². The lowest BCUT2D eigenvalue weighted by Gasteiger charge is -2.26. The molecule has 1 unspecified atom stereocenters. The van der Waals surface area contributed by atoms with Gasteiger partial charge in [-0.1, -0.05) is 43.2 Å². The van der Waals surface area contributed by atoms with E-state index in [0.29, 0.717) is 24.2 Å². The smallest absolute Gasteiger partial charge is 0.251 e. The fraction of sp³-hybridized carbons (Fsp3) is 0.458. The van der Waals surface area contributed by atoms with Gasteiger partial charge in [0.15, 0.2) is 0 Å². The number of hydrogen-bond donors (Lipinski definition) is 1. The van der Waals surface area contributed by atoms with Crippen LogP contribution in [-0.4, -0.2) is 31.7 Å². The van der Waals surface area contributed by atoms with Crippen molar-refractivity contribution < 1.29 is 13.2 Å². The zero-order valence-electron chi connectivity index (χ0n) is 18.4. The van der Waals surface area contributed by atoms with Crippen molar-refractivity contribution in [1.29, 1.82) is 0 Å². The van der Waals surface area contributed by atoms with Crippen LogP contribution in [0, 0.1) is 20.8 Å². The van der Waals surface area contributed by atoms with Crippen molar-refractivity contribution in [2.75, 3.05) is 13.1 Å². The van der Waals surface area contributed by atoms with E-state index in [2.05, 4.69) is 17.4 Å². The van der Waals surface area contributed by atoms with Gasteiger partial charge in [-0.2, -0.15) is 4.31 Å². The summed E-state index contributed by atoms with van der Waals surface area (Å²) in [4.78, 5) is 13.2. The lowest BCUT2D eigenvalue weighted by Crippen LogP contribution is -2.36. The van der Waals surface area contributed by atoms with E-state index in [1.807, 2.05) is 26.8 Å². The highest BCUT2D eigenvalue weighted by Gasteiger charge is 2.28. The summed E-state index contributed by atoms with van der Waals surface area (Å²) >= 11 is 0. The fourth-order valence-electron chi connectivity index (χ4n) is 4.12. The highest BCUT2D eigenvalue weighted by molar-refractivity contribution is 7.89. The summed E-state index contributed by atoms with van der Waals surface area (Å²) < 4.78 is 27.9. The van der Waals surface area contributed by atoms with Crippen molar-refractivity contribution in [3.63, 3.8) is 0 Å². The molecule has 1 amide bonds. The highest BCUT2D eigenvalue weighted by atomic mass is 32.2. The van der Waals surface area contributed by atoms with E-state index in [4.69, 9.17) is 0 Å². The Morgan fingerprint density at radius 3 is 2.33 bits per heavy atom. The maximum atomic E-state index is 13.2. The van der Waals surface area contributed by atoms with Gasteiger partial charge in [-0.3, -0.25) is 4.79 Å². The van der Waals surface area contributed by atoms with E-state index in [0.717, 1.165) is 36.8 Å². The van der Waals surface area contributed by atoms with Gasteiger partial charge in [-0.25, -0.2) is 8.42 Å². The van der Waals surface area contributed by atoms with Crippen molar-refractivity contribution in [3.05, 3.63) is 64.2 Å². The van der Waals surface area contributed by atoms with Gasteiger partial charge in [-0.15, -0.1) is 0 Å². The Hall–Kier alpha value is -2.18. The lowest BCUT2D eigenvalue weighted by molar-refractivity contribution is 0.0935. The molecule has 1 aliphatic rings. The van der Waals surface area contributed by atoms with E-state index in [1.54, 1.807) is 23.4 Å². The summed E-state index contributed by atoms with van der Waals surface area (Å²) in [5.41, 5.74) is 4.45. The van der Waals surface area contributed by atoms with Crippen LogP contribution in [-0.2, 0) is 10.0 Å². The van der Waals surface area contributed by atoms with E-state index < -0.39 is 10.0 Å². The minimum Gasteiger partial charge on any atom is -0.345 e. The van der Waals surface area contributed by atoms with Crippen molar-refractivity contribution in [2.24, 2.45) is 0 Å². The molecule has 1 atom stereocenters. The average Bonchev–Trinajstić information content (AvgIpc) is 2.73. The maximum Gasteiger partial charge on any atom is 0.251 e. The molecule has 3 rings (SSSR count). The fourth-order valence-corrected chi connectivity index (χ4v) is 5.89. The number of hydrogen-bond acceptors (Lipinski definition) is 3. The molecular weight excluding hydrogens is 396 g/mol. The number of amides is 1. The molecule has 1 fully saturated rings. The number of sulfonamides is 1. The third-order valence-corrected chi connectivity index (χ3v) is 7.94. The predicted molar refractivity (Wildman–Crippen MR) is 120 cm³/mol. The summed E-state index contributed by atoms with van der Waals surface area (Å²) in [6, 6.07) is 11.1. The van der Waals surface area contributed by atoms with Crippen LogP contribution in [0.5, 0.6) is 0 Å². The Labute approximate surface area is 180 Å². The second-order valence-electron chi connectivity index (χ2n) is 8.24. The summed E-state index contributed by atoms with van der Waals surface area (Å²) in [7, 11) is -3.59. The first kappa shape index (κ1) is 22.5. The van der Waals surface area contributed by atoms with Crippen LogP contribution in [0.1, 0.15) is 71.3 Å². The van der Waals surface area contributed by atoms with Gasteiger partial charge in [0.05, 0.1) is 10.9 Å². The molecule has 0 radical (unpaired) electrons. The van der Waals surface area contributed by atoms with Crippen LogP contribution in [0.3, 0.4) is 0 Å². The van der Waals surface area contributed by atoms with E-state index in [9.17, 15) is 13.2 Å². The quantitative estimate of drug-likeness (QED) is 0.727.